The van der Waals surface area contributed by atoms with E-state index < -0.39 is 41.8 Å². The zero-order valence-electron chi connectivity index (χ0n) is 28.4. The maximum absolute atomic E-state index is 13.9. The first kappa shape index (κ1) is 37.6. The van der Waals surface area contributed by atoms with Gasteiger partial charge in [0.1, 0.15) is 18.1 Å². The molecule has 4 rings (SSSR count). The van der Waals surface area contributed by atoms with Crippen molar-refractivity contribution in [2.24, 2.45) is 22.2 Å². The van der Waals surface area contributed by atoms with Crippen molar-refractivity contribution in [3.05, 3.63) is 90.1 Å². The van der Waals surface area contributed by atoms with Crippen molar-refractivity contribution in [1.29, 1.82) is 0 Å². The van der Waals surface area contributed by atoms with Crippen molar-refractivity contribution >= 4 is 46.4 Å². The third kappa shape index (κ3) is 11.7. The van der Waals surface area contributed by atoms with Crippen LogP contribution in [0.25, 0.3) is 10.9 Å². The molecule has 51 heavy (non-hydrogen) atoms. The second-order valence-corrected chi connectivity index (χ2v) is 12.1. The van der Waals surface area contributed by atoms with Crippen molar-refractivity contribution in [1.82, 2.24) is 35.8 Å². The number of nitrogens with one attached hydrogen (secondary N) is 5. The number of hydrogen-bond acceptors (Lipinski definition) is 7. The lowest BCUT2D eigenvalue weighted by molar-refractivity contribution is -0.136. The fraction of sp³-hybridized carbons (Fsp3) is 0.343. The van der Waals surface area contributed by atoms with Gasteiger partial charge in [0.15, 0.2) is 5.96 Å². The Labute approximate surface area is 295 Å². The molecule has 2 heterocycles. The van der Waals surface area contributed by atoms with E-state index in [0.717, 1.165) is 27.7 Å². The minimum Gasteiger partial charge on any atom is -0.370 e. The standard InChI is InChI=1S/C35H45N11O5/c1-22(47)46(15-13-25-19-39-21-42-25)20-31(48)43-30(16-23-8-3-2-4-9-23)34(51)44-28(12-7-14-40-35(37)38)33(50)45-29(32(36)49)17-24-18-41-27-11-6-5-10-26(24)27/h2-6,8-11,18-19,21,28-30,41H,7,12-17,20H2,1H3,(H2,36,49)(H,39,42)(H,43,48)(H,44,51)(H,45,50)(H4,37,38,40)/t28-,29-,30+/m0/s1. The van der Waals surface area contributed by atoms with E-state index in [4.69, 9.17) is 17.2 Å². The SMILES string of the molecule is CC(=O)N(CCc1cnc[nH]1)CC(=O)N[C@H](Cc1ccccc1)C(=O)N[C@@H](CCCN=C(N)N)C(=O)N[C@@H](Cc1c[nH]c2ccccc12)C(N)=O. The molecule has 270 valence electrons. The second-order valence-electron chi connectivity index (χ2n) is 12.1. The van der Waals surface area contributed by atoms with Gasteiger partial charge in [0.25, 0.3) is 0 Å². The summed E-state index contributed by atoms with van der Waals surface area (Å²) in [5.74, 6) is -3.05. The Morgan fingerprint density at radius 2 is 1.57 bits per heavy atom. The summed E-state index contributed by atoms with van der Waals surface area (Å²) in [6, 6.07) is 13.2. The van der Waals surface area contributed by atoms with Gasteiger partial charge in [-0.1, -0.05) is 48.5 Å². The molecule has 2 aromatic carbocycles. The van der Waals surface area contributed by atoms with E-state index in [0.29, 0.717) is 12.8 Å². The van der Waals surface area contributed by atoms with Gasteiger partial charge in [-0.05, 0) is 30.0 Å². The molecule has 0 saturated heterocycles. The molecule has 0 saturated carbocycles. The van der Waals surface area contributed by atoms with Crippen LogP contribution >= 0.6 is 0 Å². The van der Waals surface area contributed by atoms with E-state index in [9.17, 15) is 24.0 Å². The van der Waals surface area contributed by atoms with Crippen LogP contribution in [0.1, 0.15) is 36.6 Å². The quantitative estimate of drug-likeness (QED) is 0.0367. The van der Waals surface area contributed by atoms with E-state index in [1.165, 1.54) is 18.2 Å². The van der Waals surface area contributed by atoms with Gasteiger partial charge in [0.2, 0.25) is 29.5 Å². The number of amides is 5. The highest BCUT2D eigenvalue weighted by atomic mass is 16.2. The summed E-state index contributed by atoms with van der Waals surface area (Å²) < 4.78 is 0. The number of fused-ring (bicyclic) bond motifs is 1. The van der Waals surface area contributed by atoms with Gasteiger partial charge in [-0.2, -0.15) is 0 Å². The summed E-state index contributed by atoms with van der Waals surface area (Å²) in [4.78, 5) is 81.3. The highest BCUT2D eigenvalue weighted by Gasteiger charge is 2.30. The van der Waals surface area contributed by atoms with Crippen LogP contribution in [0.15, 0.2) is 78.3 Å². The first-order valence-corrected chi connectivity index (χ1v) is 16.6. The number of hydrogen-bond donors (Lipinski definition) is 8. The lowest BCUT2D eigenvalue weighted by atomic mass is 10.0. The van der Waals surface area contributed by atoms with Gasteiger partial charge < -0.3 is 48.0 Å². The number of guanidine groups is 1. The number of imidazole rings is 1. The smallest absolute Gasteiger partial charge is 0.243 e. The predicted molar refractivity (Wildman–Crippen MR) is 192 cm³/mol. The first-order valence-electron chi connectivity index (χ1n) is 16.6. The molecule has 11 N–H and O–H groups in total. The van der Waals surface area contributed by atoms with Gasteiger partial charge in [-0.25, -0.2) is 4.98 Å². The van der Waals surface area contributed by atoms with Crippen molar-refractivity contribution in [2.75, 3.05) is 19.6 Å². The molecule has 0 aliphatic carbocycles. The molecular weight excluding hydrogens is 654 g/mol. The normalized spacial score (nSPS) is 12.6. The number of carbonyl (C=O) groups excluding carboxylic acids is 5. The van der Waals surface area contributed by atoms with Gasteiger partial charge >= 0.3 is 0 Å². The fourth-order valence-corrected chi connectivity index (χ4v) is 5.56. The number of carbonyl (C=O) groups is 5. The Kier molecular flexibility index (Phi) is 13.7. The van der Waals surface area contributed by atoms with Gasteiger partial charge in [-0.3, -0.25) is 29.0 Å². The molecule has 4 aromatic rings. The number of aliphatic imine (C=N–C) groups is 1. The van der Waals surface area contributed by atoms with Crippen LogP contribution in [-0.2, 0) is 43.2 Å². The number of benzene rings is 2. The van der Waals surface area contributed by atoms with Crippen molar-refractivity contribution < 1.29 is 24.0 Å². The van der Waals surface area contributed by atoms with Gasteiger partial charge in [0.05, 0.1) is 12.9 Å². The Balaban J connectivity index is 1.50. The van der Waals surface area contributed by atoms with Crippen LogP contribution in [0.5, 0.6) is 0 Å². The number of aromatic nitrogens is 3. The van der Waals surface area contributed by atoms with Crippen LogP contribution in [0.2, 0.25) is 0 Å². The van der Waals surface area contributed by atoms with E-state index in [1.54, 1.807) is 36.7 Å². The molecular formula is C35H45N11O5. The maximum atomic E-state index is 13.9. The average molecular weight is 700 g/mol. The average Bonchev–Trinajstić information content (AvgIpc) is 3.77. The number of H-pyrrole nitrogens is 2. The molecule has 5 amide bonds. The Morgan fingerprint density at radius 3 is 2.25 bits per heavy atom. The molecule has 3 atom stereocenters. The van der Waals surface area contributed by atoms with E-state index in [1.807, 2.05) is 30.3 Å². The number of rotatable bonds is 19. The fourth-order valence-electron chi connectivity index (χ4n) is 5.56. The lowest BCUT2D eigenvalue weighted by Crippen LogP contribution is -2.57. The van der Waals surface area contributed by atoms with Gasteiger partial charge in [-0.15, -0.1) is 0 Å². The van der Waals surface area contributed by atoms with Crippen LogP contribution in [0.4, 0.5) is 0 Å². The number of para-hydroxylation sites is 1. The Morgan fingerprint density at radius 1 is 0.863 bits per heavy atom. The number of nitrogens with zero attached hydrogens (tertiary/aromatic N) is 3. The zero-order valence-corrected chi connectivity index (χ0v) is 28.4. The van der Waals surface area contributed by atoms with Gasteiger partial charge in [0, 0.05) is 68.3 Å². The summed E-state index contributed by atoms with van der Waals surface area (Å²) in [5, 5.41) is 9.08. The summed E-state index contributed by atoms with van der Waals surface area (Å²) >= 11 is 0. The maximum Gasteiger partial charge on any atom is 0.243 e. The zero-order chi connectivity index (χ0) is 36.8. The second kappa shape index (κ2) is 18.5. The van der Waals surface area contributed by atoms with Crippen LogP contribution < -0.4 is 33.2 Å². The molecule has 0 bridgehead atoms. The minimum atomic E-state index is -1.14. The molecule has 0 aliphatic heterocycles. The molecule has 0 radical (unpaired) electrons. The topological polar surface area (TPSA) is 260 Å². The van der Waals surface area contributed by atoms with Crippen molar-refractivity contribution in [3.8, 4) is 0 Å². The van der Waals surface area contributed by atoms with Crippen LogP contribution in [0.3, 0.4) is 0 Å². The molecule has 0 unspecified atom stereocenters. The summed E-state index contributed by atoms with van der Waals surface area (Å²) in [7, 11) is 0. The Hall–Kier alpha value is -6.19. The van der Waals surface area contributed by atoms with E-state index in [2.05, 4.69) is 35.9 Å². The summed E-state index contributed by atoms with van der Waals surface area (Å²) in [6.07, 6.45) is 5.98. The predicted octanol–water partition coefficient (Wildman–Crippen LogP) is -0.239. The molecule has 16 heteroatoms. The monoisotopic (exact) mass is 699 g/mol. The molecule has 0 spiro atoms. The third-order valence-electron chi connectivity index (χ3n) is 8.26. The highest BCUT2D eigenvalue weighted by molar-refractivity contribution is 5.95. The molecule has 0 fully saturated rings. The van der Waals surface area contributed by atoms with Crippen LogP contribution in [-0.4, -0.2) is 93.1 Å². The summed E-state index contributed by atoms with van der Waals surface area (Å²) in [5.41, 5.74) is 19.8. The minimum absolute atomic E-state index is 0.0967. The third-order valence-corrected chi connectivity index (χ3v) is 8.26. The van der Waals surface area contributed by atoms with E-state index >= 15 is 0 Å². The molecule has 2 aromatic heterocycles. The Bertz CT molecular complexity index is 1800. The van der Waals surface area contributed by atoms with Crippen molar-refractivity contribution in [3.63, 3.8) is 0 Å². The van der Waals surface area contributed by atoms with Crippen molar-refractivity contribution in [2.45, 2.75) is 57.2 Å². The molecule has 0 aliphatic rings. The van der Waals surface area contributed by atoms with Crippen LogP contribution in [0, 0.1) is 0 Å². The number of nitrogens with two attached hydrogens (primary N) is 3. The number of aromatic amines is 2. The molecule has 16 nitrogen and oxygen atoms in total. The number of primary amides is 1. The lowest BCUT2D eigenvalue weighted by Gasteiger charge is -2.26. The highest BCUT2D eigenvalue weighted by Crippen LogP contribution is 2.19. The first-order chi connectivity index (χ1) is 24.5. The summed E-state index contributed by atoms with van der Waals surface area (Å²) in [6.45, 7) is 1.49. The largest absolute Gasteiger partial charge is 0.370 e. The van der Waals surface area contributed by atoms with E-state index in [-0.39, 0.29) is 50.8 Å².